The fourth-order valence-corrected chi connectivity index (χ4v) is 2.49. The molecule has 1 aliphatic rings. The maximum absolute atomic E-state index is 13.6. The van der Waals surface area contributed by atoms with Gasteiger partial charge in [-0.25, -0.2) is 9.18 Å². The summed E-state index contributed by atoms with van der Waals surface area (Å²) in [7, 11) is 0. The number of amides is 2. The van der Waals surface area contributed by atoms with Crippen molar-refractivity contribution in [2.24, 2.45) is 0 Å². The largest absolute Gasteiger partial charge is 0.467 e. The Morgan fingerprint density at radius 1 is 1.33 bits per heavy atom. The van der Waals surface area contributed by atoms with Gasteiger partial charge in [0.2, 0.25) is 0 Å². The van der Waals surface area contributed by atoms with Gasteiger partial charge in [0, 0.05) is 18.2 Å². The summed E-state index contributed by atoms with van der Waals surface area (Å²) >= 11 is 0. The van der Waals surface area contributed by atoms with Gasteiger partial charge in [-0.05, 0) is 31.0 Å². The van der Waals surface area contributed by atoms with Gasteiger partial charge in [-0.15, -0.1) is 0 Å². The Hall–Kier alpha value is -2.61. The van der Waals surface area contributed by atoms with Crippen LogP contribution in [0.3, 0.4) is 0 Å². The van der Waals surface area contributed by atoms with Crippen molar-refractivity contribution in [3.05, 3.63) is 46.6 Å². The molecule has 0 saturated carbocycles. The van der Waals surface area contributed by atoms with Gasteiger partial charge in [-0.1, -0.05) is 5.16 Å². The van der Waals surface area contributed by atoms with Crippen molar-refractivity contribution in [3.8, 4) is 5.75 Å². The molecule has 0 aliphatic carbocycles. The van der Waals surface area contributed by atoms with Crippen molar-refractivity contribution >= 4 is 6.03 Å². The average Bonchev–Trinajstić information content (AvgIpc) is 2.98. The molecule has 7 nitrogen and oxygen atoms in total. The highest BCUT2D eigenvalue weighted by molar-refractivity contribution is 5.73. The molecule has 0 spiro atoms. The summed E-state index contributed by atoms with van der Waals surface area (Å²) < 4.78 is 29.1. The molecule has 128 valence electrons. The van der Waals surface area contributed by atoms with Crippen LogP contribution in [-0.2, 0) is 24.3 Å². The van der Waals surface area contributed by atoms with Gasteiger partial charge in [-0.3, -0.25) is 0 Å². The number of hydrogen-bond acceptors (Lipinski definition) is 5. The minimum atomic E-state index is -0.344. The van der Waals surface area contributed by atoms with Crippen LogP contribution in [0.15, 0.2) is 22.7 Å². The van der Waals surface area contributed by atoms with E-state index in [2.05, 4.69) is 15.8 Å². The first kappa shape index (κ1) is 16.3. The Labute approximate surface area is 138 Å². The number of rotatable bonds is 5. The summed E-state index contributed by atoms with van der Waals surface area (Å²) in [6.45, 7) is 2.88. The van der Waals surface area contributed by atoms with Crippen molar-refractivity contribution in [2.45, 2.75) is 26.5 Å². The van der Waals surface area contributed by atoms with Crippen LogP contribution in [0.25, 0.3) is 0 Å². The number of fused-ring (bicyclic) bond motifs is 1. The standard InChI is InChI=1S/C16H18FN3O4/c1-10-4-14(20-24-10)7-19-16(21)18-3-2-11-5-13(17)6-12-8-22-9-23-15(11)12/h4-6H,2-3,7-9H2,1H3,(H2,18,19,21). The average molecular weight is 335 g/mol. The van der Waals surface area contributed by atoms with Crippen molar-refractivity contribution in [3.63, 3.8) is 0 Å². The molecule has 8 heteroatoms. The number of carbonyl (C=O) groups is 1. The van der Waals surface area contributed by atoms with E-state index in [-0.39, 0.29) is 25.2 Å². The van der Waals surface area contributed by atoms with Gasteiger partial charge in [-0.2, -0.15) is 0 Å². The Balaban J connectivity index is 1.49. The molecule has 0 bridgehead atoms. The second-order valence-corrected chi connectivity index (χ2v) is 5.45. The third-order valence-corrected chi connectivity index (χ3v) is 3.54. The lowest BCUT2D eigenvalue weighted by Crippen LogP contribution is -2.36. The molecule has 3 rings (SSSR count). The van der Waals surface area contributed by atoms with Crippen molar-refractivity contribution in [2.75, 3.05) is 13.3 Å². The topological polar surface area (TPSA) is 85.6 Å². The number of urea groups is 1. The highest BCUT2D eigenvalue weighted by atomic mass is 19.1. The van der Waals surface area contributed by atoms with E-state index in [1.54, 1.807) is 13.0 Å². The van der Waals surface area contributed by atoms with Crippen molar-refractivity contribution < 1.29 is 23.2 Å². The van der Waals surface area contributed by atoms with Crippen LogP contribution in [-0.4, -0.2) is 24.5 Å². The molecular weight excluding hydrogens is 317 g/mol. The quantitative estimate of drug-likeness (QED) is 0.873. The SMILES string of the molecule is Cc1cc(CNC(=O)NCCc2cc(F)cc3c2OCOC3)no1. The summed E-state index contributed by atoms with van der Waals surface area (Å²) in [6.07, 6.45) is 0.455. The smallest absolute Gasteiger partial charge is 0.315 e. The Kier molecular flexibility index (Phi) is 4.95. The van der Waals surface area contributed by atoms with Crippen LogP contribution in [0.4, 0.5) is 9.18 Å². The molecule has 2 heterocycles. The third-order valence-electron chi connectivity index (χ3n) is 3.54. The van der Waals surface area contributed by atoms with Gasteiger partial charge in [0.05, 0.1) is 13.2 Å². The number of carbonyl (C=O) groups excluding carboxylic acids is 1. The fraction of sp³-hybridized carbons (Fsp3) is 0.375. The number of halogens is 1. The van der Waals surface area contributed by atoms with E-state index in [1.165, 1.54) is 12.1 Å². The van der Waals surface area contributed by atoms with Gasteiger partial charge in [0.25, 0.3) is 0 Å². The summed E-state index contributed by atoms with van der Waals surface area (Å²) in [4.78, 5) is 11.8. The van der Waals surface area contributed by atoms with Gasteiger partial charge >= 0.3 is 6.03 Å². The van der Waals surface area contributed by atoms with Crippen LogP contribution in [0.2, 0.25) is 0 Å². The first-order valence-corrected chi connectivity index (χ1v) is 7.57. The molecular formula is C16H18FN3O4. The Bertz CT molecular complexity index is 732. The molecule has 1 aliphatic heterocycles. The van der Waals surface area contributed by atoms with E-state index in [9.17, 15) is 9.18 Å². The highest BCUT2D eigenvalue weighted by Gasteiger charge is 2.16. The summed E-state index contributed by atoms with van der Waals surface area (Å²) in [5.74, 6) is 0.985. The third kappa shape index (κ3) is 4.02. The van der Waals surface area contributed by atoms with Gasteiger partial charge in [0.15, 0.2) is 6.79 Å². The van der Waals surface area contributed by atoms with E-state index < -0.39 is 0 Å². The van der Waals surface area contributed by atoms with Crippen LogP contribution in [0.5, 0.6) is 5.75 Å². The first-order chi connectivity index (χ1) is 11.6. The summed E-state index contributed by atoms with van der Waals surface area (Å²) in [5.41, 5.74) is 2.04. The normalized spacial score (nSPS) is 13.1. The van der Waals surface area contributed by atoms with Gasteiger partial charge < -0.3 is 24.6 Å². The second kappa shape index (κ2) is 7.31. The predicted molar refractivity (Wildman–Crippen MR) is 81.9 cm³/mol. The Morgan fingerprint density at radius 2 is 2.21 bits per heavy atom. The van der Waals surface area contributed by atoms with E-state index in [0.717, 1.165) is 0 Å². The van der Waals surface area contributed by atoms with Crippen molar-refractivity contribution in [1.82, 2.24) is 15.8 Å². The van der Waals surface area contributed by atoms with E-state index >= 15 is 0 Å². The lowest BCUT2D eigenvalue weighted by Gasteiger charge is -2.21. The maximum Gasteiger partial charge on any atom is 0.315 e. The number of aryl methyl sites for hydroxylation is 1. The van der Waals surface area contributed by atoms with Crippen LogP contribution in [0, 0.1) is 12.7 Å². The number of nitrogens with zero attached hydrogens (tertiary/aromatic N) is 1. The molecule has 1 aromatic heterocycles. The number of benzene rings is 1. The first-order valence-electron chi connectivity index (χ1n) is 7.57. The zero-order chi connectivity index (χ0) is 16.9. The van der Waals surface area contributed by atoms with Crippen LogP contribution in [0.1, 0.15) is 22.6 Å². The van der Waals surface area contributed by atoms with E-state index in [0.29, 0.717) is 47.9 Å². The van der Waals surface area contributed by atoms with E-state index in [4.69, 9.17) is 14.0 Å². The molecule has 0 atom stereocenters. The lowest BCUT2D eigenvalue weighted by atomic mass is 10.1. The summed E-state index contributed by atoms with van der Waals surface area (Å²) in [6, 6.07) is 4.24. The molecule has 24 heavy (non-hydrogen) atoms. The number of ether oxygens (including phenoxy) is 2. The monoisotopic (exact) mass is 335 g/mol. The molecule has 2 amide bonds. The zero-order valence-corrected chi connectivity index (χ0v) is 13.2. The zero-order valence-electron chi connectivity index (χ0n) is 13.2. The van der Waals surface area contributed by atoms with Crippen LogP contribution >= 0.6 is 0 Å². The van der Waals surface area contributed by atoms with E-state index in [1.807, 2.05) is 0 Å². The second-order valence-electron chi connectivity index (χ2n) is 5.45. The highest BCUT2D eigenvalue weighted by Crippen LogP contribution is 2.29. The molecule has 0 unspecified atom stereocenters. The maximum atomic E-state index is 13.6. The minimum absolute atomic E-state index is 0.149. The molecule has 1 aromatic carbocycles. The summed E-state index contributed by atoms with van der Waals surface area (Å²) in [5, 5.41) is 9.18. The van der Waals surface area contributed by atoms with Gasteiger partial charge in [0.1, 0.15) is 23.0 Å². The Morgan fingerprint density at radius 3 is 3.00 bits per heavy atom. The fourth-order valence-electron chi connectivity index (χ4n) is 2.49. The number of aromatic nitrogens is 1. The lowest BCUT2D eigenvalue weighted by molar-refractivity contribution is -0.0172. The minimum Gasteiger partial charge on any atom is -0.467 e. The molecule has 2 N–H and O–H groups in total. The van der Waals surface area contributed by atoms with Crippen LogP contribution < -0.4 is 15.4 Å². The predicted octanol–water partition coefficient (Wildman–Crippen LogP) is 2.03. The molecule has 0 radical (unpaired) electrons. The molecule has 2 aromatic rings. The number of nitrogens with one attached hydrogen (secondary N) is 2. The molecule has 0 saturated heterocycles. The number of hydrogen-bond donors (Lipinski definition) is 2. The molecule has 0 fully saturated rings. The van der Waals surface area contributed by atoms with Crippen molar-refractivity contribution in [1.29, 1.82) is 0 Å².